The van der Waals surface area contributed by atoms with Gasteiger partial charge in [-0.1, -0.05) is 47.9 Å². The fourth-order valence-corrected chi connectivity index (χ4v) is 4.19. The number of halogens is 1. The van der Waals surface area contributed by atoms with Gasteiger partial charge in [-0.05, 0) is 50.9 Å². The van der Waals surface area contributed by atoms with E-state index in [4.69, 9.17) is 11.6 Å². The lowest BCUT2D eigenvalue weighted by atomic mass is 9.97. The lowest BCUT2D eigenvalue weighted by molar-refractivity contribution is -0.131. The largest absolute Gasteiger partial charge is 0.339 e. The summed E-state index contributed by atoms with van der Waals surface area (Å²) in [4.78, 5) is 17.1. The maximum Gasteiger partial charge on any atom is 0.227 e. The van der Waals surface area contributed by atoms with Gasteiger partial charge in [-0.25, -0.2) is 0 Å². The number of carbonyl (C=O) groups is 1. The second kappa shape index (κ2) is 7.71. The minimum atomic E-state index is 0.132. The molecule has 4 heteroatoms. The van der Waals surface area contributed by atoms with Crippen LogP contribution in [-0.2, 0) is 4.79 Å². The van der Waals surface area contributed by atoms with Gasteiger partial charge in [0, 0.05) is 18.6 Å². The molecule has 2 aliphatic heterocycles. The molecule has 3 rings (SSSR count). The first-order valence-corrected chi connectivity index (χ1v) is 9.36. The van der Waals surface area contributed by atoms with Crippen LogP contribution in [0.1, 0.15) is 38.2 Å². The highest BCUT2D eigenvalue weighted by molar-refractivity contribution is 6.32. The lowest BCUT2D eigenvalue weighted by Gasteiger charge is -2.28. The Labute approximate surface area is 150 Å². The summed E-state index contributed by atoms with van der Waals surface area (Å²) < 4.78 is 0. The van der Waals surface area contributed by atoms with E-state index in [2.05, 4.69) is 17.9 Å². The first kappa shape index (κ1) is 17.5. The van der Waals surface area contributed by atoms with Crippen LogP contribution in [0.2, 0.25) is 5.02 Å². The summed E-state index contributed by atoms with van der Waals surface area (Å²) in [7, 11) is 1.94. The van der Waals surface area contributed by atoms with E-state index < -0.39 is 0 Å². The fraction of sp³-hybridized carbons (Fsp3) is 0.550. The minimum absolute atomic E-state index is 0.132. The maximum absolute atomic E-state index is 12.7. The number of carbonyl (C=O) groups excluding carboxylic acids is 1. The molecule has 1 amide bonds. The predicted molar refractivity (Wildman–Crippen MR) is 100 cm³/mol. The van der Waals surface area contributed by atoms with Gasteiger partial charge in [-0.2, -0.15) is 0 Å². The van der Waals surface area contributed by atoms with Crippen LogP contribution in [0.25, 0.3) is 6.08 Å². The molecule has 24 heavy (non-hydrogen) atoms. The molecule has 130 valence electrons. The molecule has 0 spiro atoms. The van der Waals surface area contributed by atoms with Gasteiger partial charge in [0.2, 0.25) is 5.91 Å². The number of hydrogen-bond donors (Lipinski definition) is 0. The van der Waals surface area contributed by atoms with Crippen molar-refractivity contribution in [3.05, 3.63) is 40.4 Å². The van der Waals surface area contributed by atoms with Gasteiger partial charge in [0.05, 0.1) is 12.0 Å². The van der Waals surface area contributed by atoms with Gasteiger partial charge >= 0.3 is 0 Å². The molecule has 0 bridgehead atoms. The van der Waals surface area contributed by atoms with Gasteiger partial charge in [0.25, 0.3) is 0 Å². The zero-order valence-electron chi connectivity index (χ0n) is 14.7. The Bertz CT molecular complexity index is 622. The van der Waals surface area contributed by atoms with E-state index in [1.807, 2.05) is 36.2 Å². The highest BCUT2D eigenvalue weighted by Crippen LogP contribution is 2.31. The van der Waals surface area contributed by atoms with Crippen molar-refractivity contribution in [1.82, 2.24) is 9.80 Å². The van der Waals surface area contributed by atoms with Crippen LogP contribution in [0, 0.1) is 5.92 Å². The number of hydrogen-bond acceptors (Lipinski definition) is 2. The highest BCUT2D eigenvalue weighted by Gasteiger charge is 2.38. The Balaban J connectivity index is 1.70. The molecule has 0 aromatic heterocycles. The average Bonchev–Trinajstić information content (AvgIpc) is 2.86. The molecule has 2 heterocycles. The molecule has 0 saturated carbocycles. The normalized spacial score (nSPS) is 26.2. The van der Waals surface area contributed by atoms with Crippen molar-refractivity contribution in [2.24, 2.45) is 5.92 Å². The minimum Gasteiger partial charge on any atom is -0.339 e. The van der Waals surface area contributed by atoms with Crippen molar-refractivity contribution in [2.45, 2.75) is 38.6 Å². The van der Waals surface area contributed by atoms with Crippen molar-refractivity contribution in [3.63, 3.8) is 0 Å². The molecular weight excluding hydrogens is 320 g/mol. The first-order valence-electron chi connectivity index (χ1n) is 8.98. The van der Waals surface area contributed by atoms with E-state index in [1.54, 1.807) is 0 Å². The van der Waals surface area contributed by atoms with Crippen LogP contribution in [0.5, 0.6) is 0 Å². The summed E-state index contributed by atoms with van der Waals surface area (Å²) >= 11 is 6.27. The molecule has 2 aliphatic rings. The van der Waals surface area contributed by atoms with Crippen molar-refractivity contribution in [1.29, 1.82) is 0 Å². The van der Waals surface area contributed by atoms with Crippen LogP contribution >= 0.6 is 11.6 Å². The van der Waals surface area contributed by atoms with Gasteiger partial charge in [0.1, 0.15) is 0 Å². The molecular formula is C20H27ClN2O. The van der Waals surface area contributed by atoms with E-state index in [0.29, 0.717) is 0 Å². The van der Waals surface area contributed by atoms with Crippen LogP contribution in [0.4, 0.5) is 0 Å². The topological polar surface area (TPSA) is 23.6 Å². The number of benzene rings is 1. The summed E-state index contributed by atoms with van der Waals surface area (Å²) in [5.74, 6) is 0.421. The average molecular weight is 347 g/mol. The molecule has 0 unspecified atom stereocenters. The molecule has 1 aromatic rings. The first-order chi connectivity index (χ1) is 11.6. The number of amides is 1. The number of likely N-dealkylation sites (tertiary alicyclic amines) is 2. The van der Waals surface area contributed by atoms with Gasteiger partial charge < -0.3 is 9.80 Å². The fourth-order valence-electron chi connectivity index (χ4n) is 4.00. The van der Waals surface area contributed by atoms with Crippen molar-refractivity contribution in [3.8, 4) is 0 Å². The smallest absolute Gasteiger partial charge is 0.227 e. The number of rotatable bonds is 4. The van der Waals surface area contributed by atoms with Gasteiger partial charge in [-0.15, -0.1) is 0 Å². The number of piperidine rings is 1. The van der Waals surface area contributed by atoms with Crippen molar-refractivity contribution >= 4 is 23.6 Å². The molecule has 0 aliphatic carbocycles. The van der Waals surface area contributed by atoms with Crippen LogP contribution < -0.4 is 0 Å². The van der Waals surface area contributed by atoms with Crippen molar-refractivity contribution < 1.29 is 4.79 Å². The zero-order chi connectivity index (χ0) is 17.1. The Kier molecular flexibility index (Phi) is 5.62. The van der Waals surface area contributed by atoms with E-state index in [0.717, 1.165) is 36.6 Å². The Hall–Kier alpha value is -1.32. The molecule has 3 nitrogen and oxygen atoms in total. The van der Waals surface area contributed by atoms with Gasteiger partial charge in [-0.3, -0.25) is 4.79 Å². The van der Waals surface area contributed by atoms with E-state index >= 15 is 0 Å². The summed E-state index contributed by atoms with van der Waals surface area (Å²) in [6.45, 7) is 5.32. The summed E-state index contributed by atoms with van der Waals surface area (Å²) in [5, 5.41) is 0.758. The molecule has 2 fully saturated rings. The van der Waals surface area contributed by atoms with Gasteiger partial charge in [0.15, 0.2) is 0 Å². The maximum atomic E-state index is 12.7. The van der Waals surface area contributed by atoms with Crippen LogP contribution in [0.3, 0.4) is 0 Å². The lowest BCUT2D eigenvalue weighted by Crippen LogP contribution is -2.37. The standard InChI is InChI=1S/C20H27ClN2O/c1-15(12-16-8-4-5-9-18(16)21)19-13-17(20(24)22(19)2)14-23-10-6-3-7-11-23/h4-5,8-9,12,17,19H,3,6-7,10-11,13-14H2,1-2H3/b15-12+/t17-,19+/m0/s1. The van der Waals surface area contributed by atoms with Crippen LogP contribution in [0.15, 0.2) is 29.8 Å². The van der Waals surface area contributed by atoms with Crippen molar-refractivity contribution in [2.75, 3.05) is 26.7 Å². The number of likely N-dealkylation sites (N-methyl/N-ethyl adjacent to an activating group) is 1. The molecule has 0 N–H and O–H groups in total. The molecule has 0 radical (unpaired) electrons. The third-order valence-corrected chi connectivity index (χ3v) is 5.76. The number of nitrogens with zero attached hydrogens (tertiary/aromatic N) is 2. The third kappa shape index (κ3) is 3.84. The zero-order valence-corrected chi connectivity index (χ0v) is 15.4. The quantitative estimate of drug-likeness (QED) is 0.820. The van der Waals surface area contributed by atoms with E-state index in [1.165, 1.54) is 24.8 Å². The molecule has 2 saturated heterocycles. The monoisotopic (exact) mass is 346 g/mol. The Morgan fingerprint density at radius 2 is 1.96 bits per heavy atom. The highest BCUT2D eigenvalue weighted by atomic mass is 35.5. The van der Waals surface area contributed by atoms with Crippen LogP contribution in [-0.4, -0.2) is 48.4 Å². The Morgan fingerprint density at radius 1 is 1.25 bits per heavy atom. The molecule has 1 aromatic carbocycles. The van der Waals surface area contributed by atoms with E-state index in [9.17, 15) is 4.79 Å². The summed E-state index contributed by atoms with van der Waals surface area (Å²) in [5.41, 5.74) is 2.23. The second-order valence-corrected chi connectivity index (χ2v) is 7.58. The Morgan fingerprint density at radius 3 is 2.67 bits per heavy atom. The van der Waals surface area contributed by atoms with E-state index in [-0.39, 0.29) is 17.9 Å². The molecule has 2 atom stereocenters. The predicted octanol–water partition coefficient (Wildman–Crippen LogP) is 4.08. The SMILES string of the molecule is C/C(=C\c1ccccc1Cl)[C@H]1C[C@@H](CN2CCCCC2)C(=O)N1C. The third-order valence-electron chi connectivity index (χ3n) is 5.41. The summed E-state index contributed by atoms with van der Waals surface area (Å²) in [6, 6.07) is 8.04. The second-order valence-electron chi connectivity index (χ2n) is 7.17. The summed E-state index contributed by atoms with van der Waals surface area (Å²) in [6.07, 6.45) is 6.91.